The lowest BCUT2D eigenvalue weighted by molar-refractivity contribution is 0.0574. The van der Waals surface area contributed by atoms with Crippen LogP contribution in [0.25, 0.3) is 0 Å². The molecule has 0 unspecified atom stereocenters. The molecule has 1 aromatic rings. The lowest BCUT2D eigenvalue weighted by atomic mass is 9.66. The molecule has 1 aromatic carbocycles. The molecule has 2 nitrogen and oxygen atoms in total. The first-order valence-corrected chi connectivity index (χ1v) is 12.1. The molecule has 0 radical (unpaired) electrons. The van der Waals surface area contributed by atoms with Gasteiger partial charge in [0.05, 0.1) is 13.2 Å². The second kappa shape index (κ2) is 5.93. The molecule has 0 N–H and O–H groups in total. The highest BCUT2D eigenvalue weighted by molar-refractivity contribution is 6.72. The second-order valence-corrected chi connectivity index (χ2v) is 13.2. The smallest absolute Gasteiger partial charge is 0.189 e. The molecule has 3 rings (SSSR count). The SMILES string of the molecule is COc1ccc2c(c1)CC[C@@]1(C)[C@@H](O[Si](C)(C)C(C)C)CC[C@@H]21. The summed E-state index contributed by atoms with van der Waals surface area (Å²) in [6.45, 7) is 11.9. The fourth-order valence-corrected chi connectivity index (χ4v) is 5.81. The van der Waals surface area contributed by atoms with E-state index in [-0.39, 0.29) is 0 Å². The molecular weight excluding hydrogens is 300 g/mol. The van der Waals surface area contributed by atoms with Crippen molar-refractivity contribution in [2.75, 3.05) is 7.11 Å². The summed E-state index contributed by atoms with van der Waals surface area (Å²) in [5, 5.41) is 0. The number of methoxy groups -OCH3 is 1. The molecule has 2 aliphatic carbocycles. The van der Waals surface area contributed by atoms with Gasteiger partial charge in [-0.2, -0.15) is 0 Å². The van der Waals surface area contributed by atoms with Crippen LogP contribution in [-0.4, -0.2) is 21.5 Å². The van der Waals surface area contributed by atoms with E-state index in [1.54, 1.807) is 12.7 Å². The molecule has 3 heteroatoms. The van der Waals surface area contributed by atoms with Crippen LogP contribution in [0.3, 0.4) is 0 Å². The van der Waals surface area contributed by atoms with Crippen molar-refractivity contribution in [3.8, 4) is 5.75 Å². The fourth-order valence-electron chi connectivity index (χ4n) is 4.41. The quantitative estimate of drug-likeness (QED) is 0.675. The van der Waals surface area contributed by atoms with Crippen molar-refractivity contribution in [1.29, 1.82) is 0 Å². The van der Waals surface area contributed by atoms with Gasteiger partial charge in [-0.1, -0.05) is 26.8 Å². The number of hydrogen-bond acceptors (Lipinski definition) is 2. The third-order valence-electron chi connectivity index (χ3n) is 6.74. The highest BCUT2D eigenvalue weighted by atomic mass is 28.4. The monoisotopic (exact) mass is 332 g/mol. The van der Waals surface area contributed by atoms with Crippen molar-refractivity contribution in [1.82, 2.24) is 0 Å². The Hall–Kier alpha value is -0.803. The van der Waals surface area contributed by atoms with E-state index in [9.17, 15) is 0 Å². The molecule has 1 fully saturated rings. The van der Waals surface area contributed by atoms with Crippen LogP contribution in [0.1, 0.15) is 57.1 Å². The maximum Gasteiger partial charge on any atom is 0.189 e. The predicted octanol–water partition coefficient (Wildman–Crippen LogP) is 5.53. The summed E-state index contributed by atoms with van der Waals surface area (Å²) in [5.74, 6) is 1.64. The van der Waals surface area contributed by atoms with Crippen molar-refractivity contribution in [3.63, 3.8) is 0 Å². The number of aryl methyl sites for hydroxylation is 1. The molecule has 0 spiro atoms. The zero-order valence-electron chi connectivity index (χ0n) is 15.6. The highest BCUT2D eigenvalue weighted by Gasteiger charge is 2.51. The molecule has 0 bridgehead atoms. The van der Waals surface area contributed by atoms with E-state index < -0.39 is 8.32 Å². The summed E-state index contributed by atoms with van der Waals surface area (Å²) >= 11 is 0. The van der Waals surface area contributed by atoms with Crippen molar-refractivity contribution in [2.45, 2.75) is 77.1 Å². The lowest BCUT2D eigenvalue weighted by Crippen LogP contribution is -2.45. The lowest BCUT2D eigenvalue weighted by Gasteiger charge is -2.44. The molecule has 0 aromatic heterocycles. The van der Waals surface area contributed by atoms with Gasteiger partial charge >= 0.3 is 0 Å². The van der Waals surface area contributed by atoms with E-state index in [0.29, 0.717) is 23.0 Å². The summed E-state index contributed by atoms with van der Waals surface area (Å²) in [5.41, 5.74) is 4.02. The van der Waals surface area contributed by atoms with Crippen LogP contribution in [-0.2, 0) is 10.8 Å². The summed E-state index contributed by atoms with van der Waals surface area (Å²) in [7, 11) is 0.161. The average Bonchev–Trinajstić information content (AvgIpc) is 2.83. The van der Waals surface area contributed by atoms with Gasteiger partial charge < -0.3 is 9.16 Å². The normalized spacial score (nSPS) is 30.2. The molecule has 128 valence electrons. The van der Waals surface area contributed by atoms with Crippen molar-refractivity contribution < 1.29 is 9.16 Å². The van der Waals surface area contributed by atoms with Crippen LogP contribution < -0.4 is 4.74 Å². The molecule has 3 atom stereocenters. The summed E-state index contributed by atoms with van der Waals surface area (Å²) in [4.78, 5) is 0. The van der Waals surface area contributed by atoms with Crippen molar-refractivity contribution in [2.24, 2.45) is 5.41 Å². The summed E-state index contributed by atoms with van der Waals surface area (Å²) in [6, 6.07) is 6.69. The van der Waals surface area contributed by atoms with Crippen LogP contribution in [0, 0.1) is 5.41 Å². The standard InChI is InChI=1S/C20H32O2Si/c1-14(2)23(5,6)22-19-10-9-18-17-8-7-16(21-4)13-15(17)11-12-20(18,19)3/h7-8,13-14,18-19H,9-12H2,1-6H3/t18-,19-,20+/m0/s1. The van der Waals surface area contributed by atoms with Gasteiger partial charge in [-0.05, 0) is 78.9 Å². The maximum atomic E-state index is 6.81. The largest absolute Gasteiger partial charge is 0.497 e. The summed E-state index contributed by atoms with van der Waals surface area (Å²) < 4.78 is 12.2. The number of rotatable bonds is 4. The van der Waals surface area contributed by atoms with E-state index >= 15 is 0 Å². The van der Waals surface area contributed by atoms with Gasteiger partial charge in [0.1, 0.15) is 5.75 Å². The Bertz CT molecular complexity index is 581. The third kappa shape index (κ3) is 2.87. The van der Waals surface area contributed by atoms with E-state index in [0.717, 1.165) is 12.2 Å². The molecule has 0 amide bonds. The van der Waals surface area contributed by atoms with E-state index in [4.69, 9.17) is 9.16 Å². The van der Waals surface area contributed by atoms with Crippen LogP contribution >= 0.6 is 0 Å². The van der Waals surface area contributed by atoms with Crippen molar-refractivity contribution in [3.05, 3.63) is 29.3 Å². The van der Waals surface area contributed by atoms with Gasteiger partial charge in [-0.15, -0.1) is 0 Å². The van der Waals surface area contributed by atoms with Gasteiger partial charge in [0.2, 0.25) is 0 Å². The molecule has 0 saturated heterocycles. The minimum Gasteiger partial charge on any atom is -0.497 e. The van der Waals surface area contributed by atoms with E-state index in [1.165, 1.54) is 24.8 Å². The second-order valence-electron chi connectivity index (χ2n) is 8.57. The first-order chi connectivity index (χ1) is 10.8. The topological polar surface area (TPSA) is 18.5 Å². The van der Waals surface area contributed by atoms with Crippen LogP contribution in [0.4, 0.5) is 0 Å². The first-order valence-electron chi connectivity index (χ1n) is 9.12. The zero-order chi connectivity index (χ0) is 16.8. The minimum atomic E-state index is -1.60. The number of benzene rings is 1. The Morgan fingerprint density at radius 3 is 2.61 bits per heavy atom. The molecule has 2 aliphatic rings. The Labute approximate surface area is 142 Å². The van der Waals surface area contributed by atoms with Crippen LogP contribution in [0.15, 0.2) is 18.2 Å². The Morgan fingerprint density at radius 1 is 1.22 bits per heavy atom. The van der Waals surface area contributed by atoms with E-state index in [2.05, 4.69) is 52.1 Å². The van der Waals surface area contributed by atoms with Gasteiger partial charge in [0.15, 0.2) is 8.32 Å². The predicted molar refractivity (Wildman–Crippen MR) is 98.9 cm³/mol. The molecule has 23 heavy (non-hydrogen) atoms. The van der Waals surface area contributed by atoms with Crippen LogP contribution in [0.2, 0.25) is 18.6 Å². The molecular formula is C20H32O2Si. The first kappa shape index (κ1) is 17.0. The van der Waals surface area contributed by atoms with Gasteiger partial charge in [-0.3, -0.25) is 0 Å². The Balaban J connectivity index is 1.87. The summed E-state index contributed by atoms with van der Waals surface area (Å²) in [6.07, 6.45) is 5.32. The molecule has 0 aliphatic heterocycles. The molecule has 0 heterocycles. The number of fused-ring (bicyclic) bond motifs is 3. The van der Waals surface area contributed by atoms with Gasteiger partial charge in [0, 0.05) is 0 Å². The fraction of sp³-hybridized carbons (Fsp3) is 0.700. The Morgan fingerprint density at radius 2 is 1.96 bits per heavy atom. The highest BCUT2D eigenvalue weighted by Crippen LogP contribution is 2.57. The maximum absolute atomic E-state index is 6.81. The zero-order valence-corrected chi connectivity index (χ0v) is 16.6. The number of ether oxygens (including phenoxy) is 1. The minimum absolute atomic E-state index is 0.306. The van der Waals surface area contributed by atoms with Crippen molar-refractivity contribution >= 4 is 8.32 Å². The third-order valence-corrected chi connectivity index (χ3v) is 10.4. The Kier molecular flexibility index (Phi) is 4.39. The number of hydrogen-bond donors (Lipinski definition) is 0. The molecule has 1 saturated carbocycles. The van der Waals surface area contributed by atoms with Gasteiger partial charge in [0.25, 0.3) is 0 Å². The average molecular weight is 333 g/mol. The van der Waals surface area contributed by atoms with Gasteiger partial charge in [-0.25, -0.2) is 0 Å². The van der Waals surface area contributed by atoms with Crippen LogP contribution in [0.5, 0.6) is 5.75 Å². The van der Waals surface area contributed by atoms with E-state index in [1.807, 2.05) is 0 Å².